The van der Waals surface area contributed by atoms with Gasteiger partial charge in [0.05, 0.1) is 20.0 Å². The third kappa shape index (κ3) is 2.29. The number of aromatic amines is 2. The molecule has 12 nitrogen and oxygen atoms in total. The second kappa shape index (κ2) is 5.53. The molecule has 12 heteroatoms. The number of fused-ring (bicyclic) bond motifs is 2. The minimum atomic E-state index is -0.498. The predicted octanol–water partition coefficient (Wildman–Crippen LogP) is -2.45. The quantitative estimate of drug-likeness (QED) is 0.592. The summed E-state index contributed by atoms with van der Waals surface area (Å²) in [6, 6.07) is 0. The van der Waals surface area contributed by atoms with Crippen LogP contribution in [0.3, 0.4) is 0 Å². The fourth-order valence-corrected chi connectivity index (χ4v) is 3.82. The molecule has 0 saturated heterocycles. The first kappa shape index (κ1) is 17.0. The number of anilines is 4. The Morgan fingerprint density at radius 2 is 1.07 bits per heavy atom. The topological polar surface area (TPSA) is 123 Å². The highest BCUT2D eigenvalue weighted by Gasteiger charge is 2.35. The second-order valence-electron chi connectivity index (χ2n) is 6.88. The molecule has 0 saturated carbocycles. The Hall–Kier alpha value is -3.44. The van der Waals surface area contributed by atoms with E-state index in [1.54, 1.807) is 38.0 Å². The lowest BCUT2D eigenvalue weighted by molar-refractivity contribution is 0.692. The zero-order chi connectivity index (χ0) is 19.6. The first-order valence-electron chi connectivity index (χ1n) is 8.29. The summed E-state index contributed by atoms with van der Waals surface area (Å²) >= 11 is 0. The van der Waals surface area contributed by atoms with Crippen molar-refractivity contribution in [2.75, 3.05) is 53.7 Å². The van der Waals surface area contributed by atoms with E-state index in [0.717, 1.165) is 0 Å². The van der Waals surface area contributed by atoms with E-state index in [0.29, 0.717) is 43.0 Å². The SMILES string of the molecule is CN1CN(CN2CN(C)c3c2n(C)c(=O)[nH]c3=O)c2c1c(=O)[nH]c(=O)n2C. The van der Waals surface area contributed by atoms with Crippen molar-refractivity contribution in [3.63, 3.8) is 0 Å². The molecule has 0 amide bonds. The van der Waals surface area contributed by atoms with E-state index in [2.05, 4.69) is 9.97 Å². The van der Waals surface area contributed by atoms with Gasteiger partial charge in [0.1, 0.15) is 23.0 Å². The molecule has 2 aromatic rings. The van der Waals surface area contributed by atoms with Gasteiger partial charge in [0, 0.05) is 28.2 Å². The molecule has 0 aliphatic carbocycles. The van der Waals surface area contributed by atoms with Gasteiger partial charge < -0.3 is 19.6 Å². The summed E-state index contributed by atoms with van der Waals surface area (Å²) in [5.41, 5.74) is -1.07. The molecule has 2 N–H and O–H groups in total. The van der Waals surface area contributed by atoms with Crippen molar-refractivity contribution in [2.24, 2.45) is 14.1 Å². The van der Waals surface area contributed by atoms with Crippen LogP contribution < -0.4 is 42.1 Å². The Kier molecular flexibility index (Phi) is 3.48. The lowest BCUT2D eigenvalue weighted by Gasteiger charge is -2.28. The van der Waals surface area contributed by atoms with Crippen LogP contribution in [0.25, 0.3) is 0 Å². The van der Waals surface area contributed by atoms with Crippen LogP contribution in [-0.4, -0.2) is 53.2 Å². The first-order valence-corrected chi connectivity index (χ1v) is 8.29. The number of rotatable bonds is 2. The third-order valence-electron chi connectivity index (χ3n) is 5.01. The van der Waals surface area contributed by atoms with E-state index < -0.39 is 22.5 Å². The summed E-state index contributed by atoms with van der Waals surface area (Å²) in [6.45, 7) is 1.08. The van der Waals surface area contributed by atoms with Gasteiger partial charge in [-0.1, -0.05) is 0 Å². The summed E-state index contributed by atoms with van der Waals surface area (Å²) in [6.07, 6.45) is 0. The van der Waals surface area contributed by atoms with Gasteiger partial charge in [0.2, 0.25) is 0 Å². The highest BCUT2D eigenvalue weighted by atomic mass is 16.2. The average molecular weight is 376 g/mol. The monoisotopic (exact) mass is 376 g/mol. The maximum atomic E-state index is 12.2. The first-order chi connectivity index (χ1) is 12.7. The number of hydrogen-bond acceptors (Lipinski definition) is 8. The lowest BCUT2D eigenvalue weighted by Crippen LogP contribution is -2.43. The van der Waals surface area contributed by atoms with Crippen LogP contribution in [0, 0.1) is 0 Å². The molecule has 4 rings (SSSR count). The van der Waals surface area contributed by atoms with Crippen LogP contribution in [0.5, 0.6) is 0 Å². The molecule has 0 aromatic carbocycles. The highest BCUT2D eigenvalue weighted by Crippen LogP contribution is 2.34. The molecule has 0 fully saturated rings. The summed E-state index contributed by atoms with van der Waals surface area (Å²) in [4.78, 5) is 60.3. The minimum absolute atomic E-state index is 0.294. The van der Waals surface area contributed by atoms with E-state index >= 15 is 0 Å². The number of H-pyrrole nitrogens is 2. The second-order valence-corrected chi connectivity index (χ2v) is 6.88. The summed E-state index contributed by atoms with van der Waals surface area (Å²) in [5, 5.41) is 0. The Morgan fingerprint density at radius 1 is 0.704 bits per heavy atom. The fraction of sp³-hybridized carbons (Fsp3) is 0.467. The van der Waals surface area contributed by atoms with Gasteiger partial charge in [-0.05, 0) is 0 Å². The molecular formula is C15H20N8O4. The molecule has 0 atom stereocenters. The van der Waals surface area contributed by atoms with Crippen LogP contribution in [-0.2, 0) is 14.1 Å². The fourth-order valence-electron chi connectivity index (χ4n) is 3.82. The molecule has 2 aromatic heterocycles. The Morgan fingerprint density at radius 3 is 1.44 bits per heavy atom. The van der Waals surface area contributed by atoms with Crippen LogP contribution in [0.2, 0.25) is 0 Å². The minimum Gasteiger partial charge on any atom is -0.349 e. The molecular weight excluding hydrogens is 356 g/mol. The number of hydrogen-bond donors (Lipinski definition) is 2. The Balaban J connectivity index is 1.80. The molecule has 2 aliphatic rings. The molecule has 2 aliphatic heterocycles. The van der Waals surface area contributed by atoms with Gasteiger partial charge in [-0.25, -0.2) is 9.59 Å². The summed E-state index contributed by atoms with van der Waals surface area (Å²) < 4.78 is 2.77. The lowest BCUT2D eigenvalue weighted by atomic mass is 10.4. The average Bonchev–Trinajstić information content (AvgIpc) is 3.08. The van der Waals surface area contributed by atoms with E-state index in [4.69, 9.17) is 0 Å². The van der Waals surface area contributed by atoms with Crippen LogP contribution in [0.4, 0.5) is 23.0 Å². The third-order valence-corrected chi connectivity index (χ3v) is 5.01. The van der Waals surface area contributed by atoms with E-state index in [9.17, 15) is 19.2 Å². The van der Waals surface area contributed by atoms with Gasteiger partial charge >= 0.3 is 11.4 Å². The van der Waals surface area contributed by atoms with Gasteiger partial charge in [-0.3, -0.25) is 28.7 Å². The molecule has 27 heavy (non-hydrogen) atoms. The molecule has 0 bridgehead atoms. The van der Waals surface area contributed by atoms with Crippen LogP contribution in [0.1, 0.15) is 0 Å². The van der Waals surface area contributed by atoms with Gasteiger partial charge in [-0.2, -0.15) is 0 Å². The van der Waals surface area contributed by atoms with Crippen molar-refractivity contribution in [3.8, 4) is 0 Å². The van der Waals surface area contributed by atoms with Crippen LogP contribution in [0.15, 0.2) is 19.2 Å². The standard InChI is InChI=1S/C15H20N8O4/c1-18-5-22(12-8(18)10(24)16-14(26)20(12)3)7-23-6-19(2)9-11(25)17-15(27)21(4)13(9)23/h5-7H2,1-4H3,(H,16,24,26)(H,17,25,27). The maximum Gasteiger partial charge on any atom is 0.329 e. The summed E-state index contributed by atoms with van der Waals surface area (Å²) in [7, 11) is 6.72. The number of nitrogens with one attached hydrogen (secondary N) is 2. The van der Waals surface area contributed by atoms with Crippen molar-refractivity contribution in [3.05, 3.63) is 41.7 Å². The van der Waals surface area contributed by atoms with Gasteiger partial charge in [-0.15, -0.1) is 0 Å². The maximum absolute atomic E-state index is 12.2. The number of nitrogens with zero attached hydrogens (tertiary/aromatic N) is 6. The van der Waals surface area contributed by atoms with E-state index in [1.807, 2.05) is 9.80 Å². The van der Waals surface area contributed by atoms with Crippen molar-refractivity contribution in [1.82, 2.24) is 19.1 Å². The predicted molar refractivity (Wildman–Crippen MR) is 101 cm³/mol. The van der Waals surface area contributed by atoms with E-state index in [-0.39, 0.29) is 0 Å². The van der Waals surface area contributed by atoms with Crippen molar-refractivity contribution >= 4 is 23.0 Å². The Bertz CT molecular complexity index is 1080. The van der Waals surface area contributed by atoms with Gasteiger partial charge in [0.25, 0.3) is 11.1 Å². The Labute approximate surface area is 152 Å². The van der Waals surface area contributed by atoms with Crippen molar-refractivity contribution < 1.29 is 0 Å². The molecule has 144 valence electrons. The number of aromatic nitrogens is 4. The van der Waals surface area contributed by atoms with Crippen molar-refractivity contribution in [2.45, 2.75) is 0 Å². The van der Waals surface area contributed by atoms with Crippen molar-refractivity contribution in [1.29, 1.82) is 0 Å². The van der Waals surface area contributed by atoms with E-state index in [1.165, 1.54) is 9.13 Å². The normalized spacial score (nSPS) is 15.6. The zero-order valence-electron chi connectivity index (χ0n) is 15.4. The molecule has 4 heterocycles. The molecule has 0 unspecified atom stereocenters. The highest BCUT2D eigenvalue weighted by molar-refractivity contribution is 5.75. The van der Waals surface area contributed by atoms with Crippen LogP contribution >= 0.6 is 0 Å². The smallest absolute Gasteiger partial charge is 0.329 e. The largest absolute Gasteiger partial charge is 0.349 e. The molecule has 0 spiro atoms. The summed E-state index contributed by atoms with van der Waals surface area (Å²) in [5.74, 6) is 0.995. The van der Waals surface area contributed by atoms with Gasteiger partial charge in [0.15, 0.2) is 0 Å². The zero-order valence-corrected chi connectivity index (χ0v) is 15.4. The molecule has 0 radical (unpaired) electrons.